The molecule has 1 aromatic carbocycles. The van der Waals surface area contributed by atoms with Gasteiger partial charge in [0.15, 0.2) is 0 Å². The van der Waals surface area contributed by atoms with Crippen molar-refractivity contribution in [3.8, 4) is 0 Å². The summed E-state index contributed by atoms with van der Waals surface area (Å²) in [5.74, 6) is -0.311. The molecule has 0 unspecified atom stereocenters. The van der Waals surface area contributed by atoms with Gasteiger partial charge in [-0.1, -0.05) is 22.0 Å². The molecule has 1 fully saturated rings. The van der Waals surface area contributed by atoms with Crippen molar-refractivity contribution in [2.45, 2.75) is 51.8 Å². The van der Waals surface area contributed by atoms with Gasteiger partial charge in [0, 0.05) is 16.1 Å². The quantitative estimate of drug-likeness (QED) is 0.809. The van der Waals surface area contributed by atoms with E-state index in [1.165, 1.54) is 6.07 Å². The van der Waals surface area contributed by atoms with Crippen LogP contribution in [0, 0.1) is 5.82 Å². The second kappa shape index (κ2) is 5.72. The van der Waals surface area contributed by atoms with Gasteiger partial charge < -0.3 is 9.64 Å². The number of carbonyl (C=O) groups excluding carboxylic acids is 1. The van der Waals surface area contributed by atoms with E-state index in [1.54, 1.807) is 17.0 Å². The first-order chi connectivity index (χ1) is 9.26. The Kier molecular flexibility index (Phi) is 4.37. The van der Waals surface area contributed by atoms with Crippen LogP contribution in [0.5, 0.6) is 0 Å². The SMILES string of the molecule is CC(C)(C)OC(=O)N(Cc1ccc(Br)cc1F)C1CC1. The van der Waals surface area contributed by atoms with Crippen LogP contribution in [-0.4, -0.2) is 22.6 Å². The molecule has 1 saturated carbocycles. The third kappa shape index (κ3) is 4.20. The summed E-state index contributed by atoms with van der Waals surface area (Å²) in [5.41, 5.74) is -0.0337. The van der Waals surface area contributed by atoms with E-state index in [2.05, 4.69) is 15.9 Å². The molecule has 0 saturated heterocycles. The van der Waals surface area contributed by atoms with Gasteiger partial charge in [0.2, 0.25) is 0 Å². The van der Waals surface area contributed by atoms with Gasteiger partial charge in [0.05, 0.1) is 6.54 Å². The Morgan fingerprint density at radius 1 is 1.45 bits per heavy atom. The van der Waals surface area contributed by atoms with Crippen molar-refractivity contribution in [2.75, 3.05) is 0 Å². The van der Waals surface area contributed by atoms with Gasteiger partial charge in [-0.3, -0.25) is 0 Å². The lowest BCUT2D eigenvalue weighted by Crippen LogP contribution is -2.38. The molecule has 0 heterocycles. The molecule has 1 aliphatic carbocycles. The molecule has 0 aliphatic heterocycles. The van der Waals surface area contributed by atoms with Crippen LogP contribution in [0.1, 0.15) is 39.2 Å². The van der Waals surface area contributed by atoms with Crippen molar-refractivity contribution in [2.24, 2.45) is 0 Å². The van der Waals surface area contributed by atoms with Gasteiger partial charge in [-0.15, -0.1) is 0 Å². The molecule has 0 radical (unpaired) electrons. The van der Waals surface area contributed by atoms with Crippen LogP contribution in [0.2, 0.25) is 0 Å². The van der Waals surface area contributed by atoms with Crippen LogP contribution in [0.3, 0.4) is 0 Å². The highest BCUT2D eigenvalue weighted by molar-refractivity contribution is 9.10. The molecule has 1 aliphatic rings. The van der Waals surface area contributed by atoms with E-state index in [9.17, 15) is 9.18 Å². The van der Waals surface area contributed by atoms with Crippen molar-refractivity contribution in [1.29, 1.82) is 0 Å². The fourth-order valence-corrected chi connectivity index (χ4v) is 2.22. The average Bonchev–Trinajstić information content (AvgIpc) is 3.09. The highest BCUT2D eigenvalue weighted by Gasteiger charge is 2.35. The van der Waals surface area contributed by atoms with E-state index in [4.69, 9.17) is 4.74 Å². The van der Waals surface area contributed by atoms with E-state index in [-0.39, 0.29) is 24.5 Å². The first kappa shape index (κ1) is 15.3. The molecule has 0 atom stereocenters. The molecule has 2 rings (SSSR count). The predicted octanol–water partition coefficient (Wildman–Crippen LogP) is 4.49. The number of hydrogen-bond acceptors (Lipinski definition) is 2. The number of rotatable bonds is 3. The first-order valence-corrected chi connectivity index (χ1v) is 7.49. The summed E-state index contributed by atoms with van der Waals surface area (Å²) in [6.07, 6.45) is 1.54. The van der Waals surface area contributed by atoms with Crippen LogP contribution in [0.15, 0.2) is 22.7 Å². The lowest BCUT2D eigenvalue weighted by atomic mass is 10.2. The molecule has 110 valence electrons. The number of carbonyl (C=O) groups is 1. The van der Waals surface area contributed by atoms with Gasteiger partial charge >= 0.3 is 6.09 Å². The van der Waals surface area contributed by atoms with E-state index in [0.29, 0.717) is 10.0 Å². The Hall–Kier alpha value is -1.10. The first-order valence-electron chi connectivity index (χ1n) is 6.70. The lowest BCUT2D eigenvalue weighted by molar-refractivity contribution is 0.0215. The summed E-state index contributed by atoms with van der Waals surface area (Å²) in [5, 5.41) is 0. The molecule has 3 nitrogen and oxygen atoms in total. The molecule has 20 heavy (non-hydrogen) atoms. The maximum atomic E-state index is 13.9. The maximum absolute atomic E-state index is 13.9. The van der Waals surface area contributed by atoms with Crippen molar-refractivity contribution >= 4 is 22.0 Å². The fourth-order valence-electron chi connectivity index (χ4n) is 1.88. The third-order valence-electron chi connectivity index (χ3n) is 2.97. The largest absolute Gasteiger partial charge is 0.444 e. The normalized spacial score (nSPS) is 15.1. The fraction of sp³-hybridized carbons (Fsp3) is 0.533. The molecule has 0 bridgehead atoms. The summed E-state index contributed by atoms with van der Waals surface area (Å²) < 4.78 is 20.0. The zero-order valence-electron chi connectivity index (χ0n) is 12.0. The number of halogens is 2. The molecule has 0 N–H and O–H groups in total. The van der Waals surface area contributed by atoms with Gasteiger partial charge in [-0.2, -0.15) is 0 Å². The predicted molar refractivity (Wildman–Crippen MR) is 78.9 cm³/mol. The smallest absolute Gasteiger partial charge is 0.410 e. The Labute approximate surface area is 127 Å². The highest BCUT2D eigenvalue weighted by Crippen LogP contribution is 2.30. The molecular formula is C15H19BrFNO2. The van der Waals surface area contributed by atoms with Crippen LogP contribution >= 0.6 is 15.9 Å². The van der Waals surface area contributed by atoms with Crippen molar-refractivity contribution in [1.82, 2.24) is 4.90 Å². The number of amides is 1. The van der Waals surface area contributed by atoms with Crippen LogP contribution < -0.4 is 0 Å². The summed E-state index contributed by atoms with van der Waals surface area (Å²) in [6.45, 7) is 5.74. The Bertz CT molecular complexity index is 509. The number of hydrogen-bond donors (Lipinski definition) is 0. The third-order valence-corrected chi connectivity index (χ3v) is 3.46. The number of benzene rings is 1. The van der Waals surface area contributed by atoms with Gasteiger partial charge in [0.1, 0.15) is 11.4 Å². The monoisotopic (exact) mass is 343 g/mol. The molecule has 0 spiro atoms. The number of nitrogens with zero attached hydrogens (tertiary/aromatic N) is 1. The van der Waals surface area contributed by atoms with E-state index in [0.717, 1.165) is 12.8 Å². The van der Waals surface area contributed by atoms with Crippen LogP contribution in [-0.2, 0) is 11.3 Å². The second-order valence-corrected chi connectivity index (χ2v) is 6.99. The lowest BCUT2D eigenvalue weighted by Gasteiger charge is -2.27. The van der Waals surface area contributed by atoms with Crippen LogP contribution in [0.4, 0.5) is 9.18 Å². The van der Waals surface area contributed by atoms with Crippen molar-refractivity contribution in [3.63, 3.8) is 0 Å². The van der Waals surface area contributed by atoms with Gasteiger partial charge in [-0.25, -0.2) is 9.18 Å². The van der Waals surface area contributed by atoms with Gasteiger partial charge in [-0.05, 0) is 45.7 Å². The minimum absolute atomic E-state index is 0.174. The Morgan fingerprint density at radius 3 is 2.60 bits per heavy atom. The van der Waals surface area contributed by atoms with E-state index >= 15 is 0 Å². The van der Waals surface area contributed by atoms with Crippen LogP contribution in [0.25, 0.3) is 0 Å². The maximum Gasteiger partial charge on any atom is 0.410 e. The summed E-state index contributed by atoms with van der Waals surface area (Å²) in [4.78, 5) is 13.8. The Balaban J connectivity index is 2.11. The molecule has 1 aromatic rings. The van der Waals surface area contributed by atoms with Crippen molar-refractivity contribution < 1.29 is 13.9 Å². The zero-order valence-corrected chi connectivity index (χ0v) is 13.5. The standard InChI is InChI=1S/C15H19BrFNO2/c1-15(2,3)20-14(19)18(12-6-7-12)9-10-4-5-11(16)8-13(10)17/h4-5,8,12H,6-7,9H2,1-3H3. The average molecular weight is 344 g/mol. The van der Waals surface area contributed by atoms with Crippen molar-refractivity contribution in [3.05, 3.63) is 34.1 Å². The second-order valence-electron chi connectivity index (χ2n) is 6.08. The summed E-state index contributed by atoms with van der Waals surface area (Å²) >= 11 is 3.23. The highest BCUT2D eigenvalue weighted by atomic mass is 79.9. The van der Waals surface area contributed by atoms with E-state index < -0.39 is 5.60 Å². The topological polar surface area (TPSA) is 29.5 Å². The van der Waals surface area contributed by atoms with E-state index in [1.807, 2.05) is 20.8 Å². The molecule has 0 aromatic heterocycles. The summed E-state index contributed by atoms with van der Waals surface area (Å²) in [7, 11) is 0. The molecular weight excluding hydrogens is 325 g/mol. The minimum atomic E-state index is -0.539. The zero-order chi connectivity index (χ0) is 14.9. The van der Waals surface area contributed by atoms with Gasteiger partial charge in [0.25, 0.3) is 0 Å². The minimum Gasteiger partial charge on any atom is -0.444 e. The summed E-state index contributed by atoms with van der Waals surface area (Å²) in [6, 6.07) is 5.06. The molecule has 5 heteroatoms. The Morgan fingerprint density at radius 2 is 2.10 bits per heavy atom. The molecule has 1 amide bonds. The number of ether oxygens (including phenoxy) is 1.